The first-order valence-corrected chi connectivity index (χ1v) is 8.84. The number of hydrogen-bond acceptors (Lipinski definition) is 4. The van der Waals surface area contributed by atoms with Crippen LogP contribution in [0.2, 0.25) is 0 Å². The number of carbonyl (C=O) groups is 1. The van der Waals surface area contributed by atoms with E-state index in [9.17, 15) is 4.79 Å². The minimum absolute atomic E-state index is 0.119. The quantitative estimate of drug-likeness (QED) is 0.771. The predicted octanol–water partition coefficient (Wildman–Crippen LogP) is 2.79. The van der Waals surface area contributed by atoms with E-state index in [4.69, 9.17) is 0 Å². The van der Waals surface area contributed by atoms with E-state index in [1.807, 2.05) is 29.2 Å². The molecule has 6 nitrogen and oxygen atoms in total. The van der Waals surface area contributed by atoms with E-state index in [0.717, 1.165) is 30.3 Å². The molecule has 4 rings (SSSR count). The zero-order chi connectivity index (χ0) is 17.8. The third kappa shape index (κ3) is 3.44. The van der Waals surface area contributed by atoms with Gasteiger partial charge in [0, 0.05) is 32.5 Å². The molecule has 6 heteroatoms. The molecule has 1 aliphatic heterocycles. The van der Waals surface area contributed by atoms with Crippen molar-refractivity contribution in [2.75, 3.05) is 22.9 Å². The topological polar surface area (TPSA) is 65.1 Å². The van der Waals surface area contributed by atoms with Gasteiger partial charge in [-0.1, -0.05) is 42.5 Å². The van der Waals surface area contributed by atoms with Gasteiger partial charge in [0.1, 0.15) is 12.2 Å². The number of amides is 1. The van der Waals surface area contributed by atoms with Crippen LogP contribution in [-0.2, 0) is 17.8 Å². The summed E-state index contributed by atoms with van der Waals surface area (Å²) in [4.78, 5) is 21.1. The molecule has 1 aromatic heterocycles. The van der Waals surface area contributed by atoms with Crippen molar-refractivity contribution >= 4 is 17.3 Å². The van der Waals surface area contributed by atoms with Gasteiger partial charge in [0.15, 0.2) is 0 Å². The van der Waals surface area contributed by atoms with Crippen LogP contribution in [0.4, 0.5) is 11.4 Å². The number of anilines is 2. The van der Waals surface area contributed by atoms with Crippen molar-refractivity contribution in [3.05, 3.63) is 72.3 Å². The van der Waals surface area contributed by atoms with Crippen molar-refractivity contribution in [1.29, 1.82) is 0 Å². The molecule has 0 spiro atoms. The zero-order valence-electron chi connectivity index (χ0n) is 14.5. The number of nitrogens with one attached hydrogen (secondary N) is 1. The number of nitrogens with zero attached hydrogens (tertiary/aromatic N) is 4. The molecule has 132 valence electrons. The van der Waals surface area contributed by atoms with Crippen molar-refractivity contribution < 1.29 is 4.79 Å². The highest BCUT2D eigenvalue weighted by molar-refractivity contribution is 5.97. The number of benzene rings is 2. The SMILES string of the molecule is O=C(CCc1ncn[nH]1)N1CCN(Cc2ccccc2)c2ccccc21. The minimum Gasteiger partial charge on any atom is -0.364 e. The Hall–Kier alpha value is -3.15. The molecule has 0 radical (unpaired) electrons. The molecular formula is C20H21N5O. The molecule has 0 unspecified atom stereocenters. The Bertz CT molecular complexity index is 863. The van der Waals surface area contributed by atoms with Crippen LogP contribution in [0.5, 0.6) is 0 Å². The molecule has 2 heterocycles. The van der Waals surface area contributed by atoms with Crippen LogP contribution in [0.25, 0.3) is 0 Å². The predicted molar refractivity (Wildman–Crippen MR) is 101 cm³/mol. The van der Waals surface area contributed by atoms with Gasteiger partial charge in [-0.05, 0) is 17.7 Å². The minimum atomic E-state index is 0.119. The molecule has 0 aliphatic carbocycles. The maximum atomic E-state index is 12.8. The highest BCUT2D eigenvalue weighted by atomic mass is 16.2. The normalized spacial score (nSPS) is 13.5. The standard InChI is InChI=1S/C20H21N5O/c26-20(11-10-19-21-15-22-23-19)25-13-12-24(14-16-6-2-1-3-7-16)17-8-4-5-9-18(17)25/h1-9,15H,10-14H2,(H,21,22,23). The summed E-state index contributed by atoms with van der Waals surface area (Å²) in [5.74, 6) is 0.863. The molecular weight excluding hydrogens is 326 g/mol. The van der Waals surface area contributed by atoms with E-state index in [1.54, 1.807) is 0 Å². The Kier molecular flexibility index (Phi) is 4.64. The van der Waals surface area contributed by atoms with Crippen LogP contribution < -0.4 is 9.80 Å². The van der Waals surface area contributed by atoms with Gasteiger partial charge in [-0.15, -0.1) is 0 Å². The lowest BCUT2D eigenvalue weighted by molar-refractivity contribution is -0.118. The van der Waals surface area contributed by atoms with Crippen LogP contribution >= 0.6 is 0 Å². The molecule has 0 atom stereocenters. The number of aromatic amines is 1. The average molecular weight is 347 g/mol. The van der Waals surface area contributed by atoms with E-state index in [1.165, 1.54) is 11.9 Å². The monoisotopic (exact) mass is 347 g/mol. The van der Waals surface area contributed by atoms with Gasteiger partial charge in [0.2, 0.25) is 5.91 Å². The Morgan fingerprint density at radius 2 is 1.77 bits per heavy atom. The Morgan fingerprint density at radius 3 is 2.54 bits per heavy atom. The summed E-state index contributed by atoms with van der Waals surface area (Å²) in [6.07, 6.45) is 2.46. The summed E-state index contributed by atoms with van der Waals surface area (Å²) in [5, 5.41) is 6.64. The van der Waals surface area contributed by atoms with Gasteiger partial charge in [-0.2, -0.15) is 5.10 Å². The number of H-pyrrole nitrogens is 1. The molecule has 1 amide bonds. The molecule has 3 aromatic rings. The van der Waals surface area contributed by atoms with E-state index >= 15 is 0 Å². The van der Waals surface area contributed by atoms with Gasteiger partial charge < -0.3 is 9.80 Å². The fourth-order valence-corrected chi connectivity index (χ4v) is 3.36. The number of aromatic nitrogens is 3. The van der Waals surface area contributed by atoms with Gasteiger partial charge in [-0.3, -0.25) is 9.89 Å². The van der Waals surface area contributed by atoms with Gasteiger partial charge >= 0.3 is 0 Å². The van der Waals surface area contributed by atoms with Gasteiger partial charge in [0.05, 0.1) is 11.4 Å². The second-order valence-electron chi connectivity index (χ2n) is 6.37. The van der Waals surface area contributed by atoms with Crippen molar-refractivity contribution in [3.8, 4) is 0 Å². The second kappa shape index (κ2) is 7.39. The summed E-state index contributed by atoms with van der Waals surface area (Å²) in [7, 11) is 0. The summed E-state index contributed by atoms with van der Waals surface area (Å²) < 4.78 is 0. The fourth-order valence-electron chi connectivity index (χ4n) is 3.36. The summed E-state index contributed by atoms with van der Waals surface area (Å²) in [5.41, 5.74) is 3.36. The molecule has 1 aliphatic rings. The lowest BCUT2D eigenvalue weighted by Gasteiger charge is -2.38. The maximum Gasteiger partial charge on any atom is 0.227 e. The summed E-state index contributed by atoms with van der Waals surface area (Å²) in [6, 6.07) is 18.6. The largest absolute Gasteiger partial charge is 0.364 e. The van der Waals surface area contributed by atoms with Crippen LogP contribution in [0, 0.1) is 0 Å². The lowest BCUT2D eigenvalue weighted by atomic mass is 10.1. The Morgan fingerprint density at radius 1 is 1.00 bits per heavy atom. The van der Waals surface area contributed by atoms with E-state index in [0.29, 0.717) is 19.4 Å². The zero-order valence-corrected chi connectivity index (χ0v) is 14.5. The first-order valence-electron chi connectivity index (χ1n) is 8.84. The lowest BCUT2D eigenvalue weighted by Crippen LogP contribution is -2.44. The molecule has 0 bridgehead atoms. The molecule has 26 heavy (non-hydrogen) atoms. The van der Waals surface area contributed by atoms with Crippen LogP contribution in [0.15, 0.2) is 60.9 Å². The Labute approximate surface area is 152 Å². The van der Waals surface area contributed by atoms with E-state index < -0.39 is 0 Å². The third-order valence-corrected chi connectivity index (χ3v) is 4.66. The van der Waals surface area contributed by atoms with Crippen molar-refractivity contribution in [3.63, 3.8) is 0 Å². The second-order valence-corrected chi connectivity index (χ2v) is 6.37. The highest BCUT2D eigenvalue weighted by Crippen LogP contribution is 2.34. The smallest absolute Gasteiger partial charge is 0.227 e. The number of hydrogen-bond donors (Lipinski definition) is 1. The van der Waals surface area contributed by atoms with Crippen LogP contribution in [-0.4, -0.2) is 34.2 Å². The Balaban J connectivity index is 1.51. The molecule has 2 aromatic carbocycles. The molecule has 1 N–H and O–H groups in total. The first-order chi connectivity index (χ1) is 12.8. The number of aryl methyl sites for hydroxylation is 1. The average Bonchev–Trinajstić information content (AvgIpc) is 3.21. The first kappa shape index (κ1) is 16.3. The van der Waals surface area contributed by atoms with Crippen molar-refractivity contribution in [2.45, 2.75) is 19.4 Å². The number of para-hydroxylation sites is 2. The molecule has 0 fully saturated rings. The van der Waals surface area contributed by atoms with Crippen molar-refractivity contribution in [1.82, 2.24) is 15.2 Å². The number of fused-ring (bicyclic) bond motifs is 1. The highest BCUT2D eigenvalue weighted by Gasteiger charge is 2.26. The maximum absolute atomic E-state index is 12.8. The van der Waals surface area contributed by atoms with E-state index in [-0.39, 0.29) is 5.91 Å². The van der Waals surface area contributed by atoms with Gasteiger partial charge in [-0.25, -0.2) is 4.98 Å². The summed E-state index contributed by atoms with van der Waals surface area (Å²) >= 11 is 0. The fraction of sp³-hybridized carbons (Fsp3) is 0.250. The molecule has 0 saturated heterocycles. The van der Waals surface area contributed by atoms with E-state index in [2.05, 4.69) is 50.4 Å². The number of carbonyl (C=O) groups excluding carboxylic acids is 1. The van der Waals surface area contributed by atoms with Gasteiger partial charge in [0.25, 0.3) is 0 Å². The summed E-state index contributed by atoms with van der Waals surface area (Å²) in [6.45, 7) is 2.36. The third-order valence-electron chi connectivity index (χ3n) is 4.66. The van der Waals surface area contributed by atoms with Crippen molar-refractivity contribution in [2.24, 2.45) is 0 Å². The van der Waals surface area contributed by atoms with Crippen LogP contribution in [0.1, 0.15) is 17.8 Å². The number of rotatable bonds is 5. The molecule has 0 saturated carbocycles. The van der Waals surface area contributed by atoms with Crippen LogP contribution in [0.3, 0.4) is 0 Å².